The van der Waals surface area contributed by atoms with Crippen LogP contribution in [0.2, 0.25) is 0 Å². The van der Waals surface area contributed by atoms with Crippen molar-refractivity contribution < 1.29 is 4.74 Å². The number of methoxy groups -OCH3 is 1. The van der Waals surface area contributed by atoms with Gasteiger partial charge in [0.1, 0.15) is 11.5 Å². The molecule has 3 rings (SSSR count). The van der Waals surface area contributed by atoms with E-state index in [4.69, 9.17) is 4.74 Å². The summed E-state index contributed by atoms with van der Waals surface area (Å²) in [7, 11) is 3.45. The number of hydrogen-bond acceptors (Lipinski definition) is 5. The van der Waals surface area contributed by atoms with Gasteiger partial charge in [-0.1, -0.05) is 6.07 Å². The van der Waals surface area contributed by atoms with Crippen molar-refractivity contribution in [2.75, 3.05) is 19.5 Å². The SMILES string of the molecule is CNc1nc(-c2cccc(OC)n2)nc(C2CC2)c1Br. The van der Waals surface area contributed by atoms with Gasteiger partial charge in [-0.2, -0.15) is 0 Å². The molecule has 0 aromatic carbocycles. The number of ether oxygens (including phenoxy) is 1. The fraction of sp³-hybridized carbons (Fsp3) is 0.357. The number of rotatable bonds is 4. The molecule has 0 radical (unpaired) electrons. The van der Waals surface area contributed by atoms with E-state index in [0.29, 0.717) is 17.6 Å². The monoisotopic (exact) mass is 334 g/mol. The molecule has 0 bridgehead atoms. The third-order valence-corrected chi connectivity index (χ3v) is 4.02. The van der Waals surface area contributed by atoms with Crippen LogP contribution in [0.25, 0.3) is 11.5 Å². The molecular formula is C14H15BrN4O. The average Bonchev–Trinajstić information content (AvgIpc) is 3.32. The molecule has 0 atom stereocenters. The second kappa shape index (κ2) is 5.36. The van der Waals surface area contributed by atoms with Gasteiger partial charge < -0.3 is 10.1 Å². The number of hydrogen-bond donors (Lipinski definition) is 1. The molecule has 0 unspecified atom stereocenters. The maximum Gasteiger partial charge on any atom is 0.213 e. The summed E-state index contributed by atoms with van der Waals surface area (Å²) in [5.41, 5.74) is 1.78. The lowest BCUT2D eigenvalue weighted by atomic mass is 10.2. The number of halogens is 1. The molecular weight excluding hydrogens is 320 g/mol. The molecule has 2 heterocycles. The molecule has 0 saturated heterocycles. The zero-order valence-electron chi connectivity index (χ0n) is 11.4. The molecule has 2 aromatic rings. The summed E-state index contributed by atoms with van der Waals surface area (Å²) in [6.45, 7) is 0. The van der Waals surface area contributed by atoms with Crippen molar-refractivity contribution in [1.29, 1.82) is 0 Å². The molecule has 5 nitrogen and oxygen atoms in total. The average molecular weight is 335 g/mol. The second-order valence-electron chi connectivity index (χ2n) is 4.68. The van der Waals surface area contributed by atoms with Gasteiger partial charge in [0.2, 0.25) is 5.88 Å². The highest BCUT2D eigenvalue weighted by atomic mass is 79.9. The zero-order chi connectivity index (χ0) is 14.1. The number of nitrogens with one attached hydrogen (secondary N) is 1. The number of aromatic nitrogens is 3. The van der Waals surface area contributed by atoms with Crippen molar-refractivity contribution in [1.82, 2.24) is 15.0 Å². The van der Waals surface area contributed by atoms with Crippen molar-refractivity contribution in [2.24, 2.45) is 0 Å². The minimum absolute atomic E-state index is 0.531. The summed E-state index contributed by atoms with van der Waals surface area (Å²) in [4.78, 5) is 13.6. The predicted octanol–water partition coefficient (Wildman–Crippen LogP) is 3.23. The van der Waals surface area contributed by atoms with Gasteiger partial charge in [-0.25, -0.2) is 15.0 Å². The van der Waals surface area contributed by atoms with Crippen LogP contribution in [0.4, 0.5) is 5.82 Å². The third kappa shape index (κ3) is 2.47. The fourth-order valence-electron chi connectivity index (χ4n) is 2.02. The van der Waals surface area contributed by atoms with Gasteiger partial charge in [-0.3, -0.25) is 0 Å². The standard InChI is InChI=1S/C14H15BrN4O/c1-16-14-11(15)12(8-6-7-8)18-13(19-14)9-4-3-5-10(17-9)20-2/h3-5,8H,6-7H2,1-2H3,(H,16,18,19). The Balaban J connectivity index is 2.10. The van der Waals surface area contributed by atoms with E-state index in [1.165, 1.54) is 12.8 Å². The zero-order valence-corrected chi connectivity index (χ0v) is 12.9. The van der Waals surface area contributed by atoms with Crippen molar-refractivity contribution >= 4 is 21.7 Å². The molecule has 1 saturated carbocycles. The predicted molar refractivity (Wildman–Crippen MR) is 81.0 cm³/mol. The van der Waals surface area contributed by atoms with Gasteiger partial charge in [-0.05, 0) is 34.8 Å². The molecule has 0 aliphatic heterocycles. The van der Waals surface area contributed by atoms with Crippen LogP contribution in [-0.4, -0.2) is 29.1 Å². The summed E-state index contributed by atoms with van der Waals surface area (Å²) in [5.74, 6) is 2.51. The number of pyridine rings is 1. The van der Waals surface area contributed by atoms with Gasteiger partial charge >= 0.3 is 0 Å². The second-order valence-corrected chi connectivity index (χ2v) is 5.48. The number of nitrogens with zero attached hydrogens (tertiary/aromatic N) is 3. The first-order chi connectivity index (χ1) is 9.72. The maximum absolute atomic E-state index is 5.16. The molecule has 1 N–H and O–H groups in total. The lowest BCUT2D eigenvalue weighted by molar-refractivity contribution is 0.398. The fourth-order valence-corrected chi connectivity index (χ4v) is 2.72. The van der Waals surface area contributed by atoms with Crippen LogP contribution >= 0.6 is 15.9 Å². The molecule has 104 valence electrons. The van der Waals surface area contributed by atoms with Gasteiger partial charge in [-0.15, -0.1) is 0 Å². The first kappa shape index (κ1) is 13.3. The highest BCUT2D eigenvalue weighted by Gasteiger charge is 2.29. The Kier molecular flexibility index (Phi) is 3.56. The highest BCUT2D eigenvalue weighted by molar-refractivity contribution is 9.10. The van der Waals surface area contributed by atoms with Gasteiger partial charge in [0.05, 0.1) is 17.3 Å². The summed E-state index contributed by atoms with van der Waals surface area (Å²) in [5, 5.41) is 3.10. The normalized spacial score (nSPS) is 14.2. The van der Waals surface area contributed by atoms with E-state index in [9.17, 15) is 0 Å². The third-order valence-electron chi connectivity index (χ3n) is 3.24. The van der Waals surface area contributed by atoms with Crippen molar-refractivity contribution in [3.05, 3.63) is 28.4 Å². The van der Waals surface area contributed by atoms with Crippen molar-refractivity contribution in [3.63, 3.8) is 0 Å². The molecule has 0 spiro atoms. The van der Waals surface area contributed by atoms with Crippen LogP contribution in [0.3, 0.4) is 0 Å². The van der Waals surface area contributed by atoms with Crippen LogP contribution in [0, 0.1) is 0 Å². The summed E-state index contributed by atoms with van der Waals surface area (Å²) >= 11 is 3.58. The lowest BCUT2D eigenvalue weighted by Gasteiger charge is -2.10. The van der Waals surface area contributed by atoms with Crippen molar-refractivity contribution in [3.8, 4) is 17.4 Å². The van der Waals surface area contributed by atoms with Crippen LogP contribution in [0.1, 0.15) is 24.5 Å². The van der Waals surface area contributed by atoms with E-state index < -0.39 is 0 Å². The van der Waals surface area contributed by atoms with E-state index in [2.05, 4.69) is 36.2 Å². The Morgan fingerprint density at radius 2 is 2.05 bits per heavy atom. The Bertz CT molecular complexity index is 643. The Morgan fingerprint density at radius 1 is 1.25 bits per heavy atom. The maximum atomic E-state index is 5.16. The Morgan fingerprint density at radius 3 is 2.70 bits per heavy atom. The molecule has 6 heteroatoms. The largest absolute Gasteiger partial charge is 0.481 e. The van der Waals surface area contributed by atoms with Crippen LogP contribution < -0.4 is 10.1 Å². The van der Waals surface area contributed by atoms with E-state index in [0.717, 1.165) is 21.7 Å². The Labute approximate surface area is 125 Å². The molecule has 1 fully saturated rings. The van der Waals surface area contributed by atoms with Gasteiger partial charge in [0.15, 0.2) is 5.82 Å². The van der Waals surface area contributed by atoms with Crippen molar-refractivity contribution in [2.45, 2.75) is 18.8 Å². The lowest BCUT2D eigenvalue weighted by Crippen LogP contribution is -2.03. The van der Waals surface area contributed by atoms with Crippen LogP contribution in [0.15, 0.2) is 22.7 Å². The molecule has 2 aromatic heterocycles. The van der Waals surface area contributed by atoms with E-state index in [1.807, 2.05) is 25.2 Å². The number of anilines is 1. The minimum atomic E-state index is 0.531. The molecule has 0 amide bonds. The quantitative estimate of drug-likeness (QED) is 0.930. The van der Waals surface area contributed by atoms with Gasteiger partial charge in [0, 0.05) is 19.0 Å². The minimum Gasteiger partial charge on any atom is -0.481 e. The molecule has 1 aliphatic rings. The first-order valence-corrected chi connectivity index (χ1v) is 7.29. The van der Waals surface area contributed by atoms with Crippen LogP contribution in [0.5, 0.6) is 5.88 Å². The summed E-state index contributed by atoms with van der Waals surface area (Å²) in [6.07, 6.45) is 2.37. The smallest absolute Gasteiger partial charge is 0.213 e. The van der Waals surface area contributed by atoms with E-state index in [-0.39, 0.29) is 0 Å². The summed E-state index contributed by atoms with van der Waals surface area (Å²) in [6, 6.07) is 5.59. The van der Waals surface area contributed by atoms with E-state index in [1.54, 1.807) is 7.11 Å². The topological polar surface area (TPSA) is 59.9 Å². The Hall–Kier alpha value is -1.69. The molecule has 1 aliphatic carbocycles. The van der Waals surface area contributed by atoms with Gasteiger partial charge in [0.25, 0.3) is 0 Å². The summed E-state index contributed by atoms with van der Waals surface area (Å²) < 4.78 is 6.11. The van der Waals surface area contributed by atoms with E-state index >= 15 is 0 Å². The highest BCUT2D eigenvalue weighted by Crippen LogP contribution is 2.44. The van der Waals surface area contributed by atoms with Crippen LogP contribution in [-0.2, 0) is 0 Å². The molecule has 20 heavy (non-hydrogen) atoms. The first-order valence-electron chi connectivity index (χ1n) is 6.49.